The third-order valence-corrected chi connectivity index (χ3v) is 6.33. The first-order valence-electron chi connectivity index (χ1n) is 8.30. The second kappa shape index (κ2) is 7.62. The number of carbonyl (C=O) groups excluding carboxylic acids is 2. The number of nitrogens with zero attached hydrogens (tertiary/aromatic N) is 2. The number of esters is 1. The summed E-state index contributed by atoms with van der Waals surface area (Å²) in [5, 5.41) is 1.16. The maximum atomic E-state index is 12.9. The summed E-state index contributed by atoms with van der Waals surface area (Å²) >= 11 is 13.6. The summed E-state index contributed by atoms with van der Waals surface area (Å²) in [6.45, 7) is 5.69. The minimum absolute atomic E-state index is 0.0679. The molecular formula is C18H18Cl2N2O3S. The third kappa shape index (κ3) is 3.26. The van der Waals surface area contributed by atoms with Crippen LogP contribution in [0.1, 0.15) is 38.8 Å². The van der Waals surface area contributed by atoms with Crippen molar-refractivity contribution in [3.63, 3.8) is 0 Å². The van der Waals surface area contributed by atoms with Gasteiger partial charge in [-0.1, -0.05) is 48.0 Å². The molecule has 2 aliphatic heterocycles. The first-order valence-corrected chi connectivity index (χ1v) is 9.93. The summed E-state index contributed by atoms with van der Waals surface area (Å²) in [6.07, 6.45) is 0.681. The number of fused-ring (bicyclic) bond motifs is 1. The minimum Gasteiger partial charge on any atom is -0.463 e. The number of amides is 1. The summed E-state index contributed by atoms with van der Waals surface area (Å²) in [5.74, 6) is -0.553. The van der Waals surface area contributed by atoms with Crippen LogP contribution in [0.15, 0.2) is 34.5 Å². The third-order valence-electron chi connectivity index (χ3n) is 4.28. The van der Waals surface area contributed by atoms with Crippen LogP contribution in [0.25, 0.3) is 0 Å². The predicted octanol–water partition coefficient (Wildman–Crippen LogP) is 4.60. The van der Waals surface area contributed by atoms with Crippen molar-refractivity contribution in [1.29, 1.82) is 0 Å². The second-order valence-corrected chi connectivity index (χ2v) is 7.90. The number of ether oxygens (including phenoxy) is 1. The van der Waals surface area contributed by atoms with Gasteiger partial charge in [0.1, 0.15) is 0 Å². The predicted molar refractivity (Wildman–Crippen MR) is 104 cm³/mol. The van der Waals surface area contributed by atoms with Gasteiger partial charge in [-0.05, 0) is 38.0 Å². The van der Waals surface area contributed by atoms with Crippen molar-refractivity contribution >= 4 is 52.0 Å². The van der Waals surface area contributed by atoms with E-state index in [1.165, 1.54) is 11.8 Å². The number of carbonyl (C=O) groups is 2. The number of allylic oxidation sites excluding steroid dienone is 1. The molecule has 138 valence electrons. The van der Waals surface area contributed by atoms with Crippen LogP contribution in [0.4, 0.5) is 0 Å². The lowest BCUT2D eigenvalue weighted by molar-refractivity contribution is -0.139. The minimum atomic E-state index is -0.632. The van der Waals surface area contributed by atoms with E-state index < -0.39 is 12.0 Å². The maximum Gasteiger partial charge on any atom is 0.338 e. The fraction of sp³-hybridized carbons (Fsp3) is 0.389. The van der Waals surface area contributed by atoms with Crippen LogP contribution in [-0.4, -0.2) is 33.8 Å². The lowest BCUT2D eigenvalue weighted by Crippen LogP contribution is -2.40. The SMILES string of the molecule is CCOC(=O)C1=C(C)N=C2S[C@H](CC)C(=O)N2[C@H]1c1ccc(Cl)c(Cl)c1. The Morgan fingerprint density at radius 3 is 2.65 bits per heavy atom. The number of amidine groups is 1. The Morgan fingerprint density at radius 1 is 1.31 bits per heavy atom. The van der Waals surface area contributed by atoms with Crippen LogP contribution >= 0.6 is 35.0 Å². The van der Waals surface area contributed by atoms with Gasteiger partial charge in [-0.3, -0.25) is 9.69 Å². The van der Waals surface area contributed by atoms with Crippen LogP contribution in [0, 0.1) is 0 Å². The number of halogens is 2. The lowest BCUT2D eigenvalue weighted by atomic mass is 9.94. The van der Waals surface area contributed by atoms with E-state index in [0.717, 1.165) is 0 Å². The van der Waals surface area contributed by atoms with Gasteiger partial charge in [0.05, 0.1) is 39.2 Å². The van der Waals surface area contributed by atoms with Gasteiger partial charge < -0.3 is 4.74 Å². The molecule has 1 amide bonds. The molecule has 26 heavy (non-hydrogen) atoms. The van der Waals surface area contributed by atoms with Crippen LogP contribution in [0.2, 0.25) is 10.0 Å². The Hall–Kier alpha value is -1.50. The summed E-state index contributed by atoms with van der Waals surface area (Å²) < 4.78 is 5.22. The molecule has 0 saturated carbocycles. The highest BCUT2D eigenvalue weighted by Crippen LogP contribution is 2.44. The van der Waals surface area contributed by atoms with Crippen molar-refractivity contribution in [1.82, 2.24) is 4.90 Å². The average molecular weight is 413 g/mol. The van der Waals surface area contributed by atoms with Gasteiger partial charge in [0.15, 0.2) is 5.17 Å². The highest BCUT2D eigenvalue weighted by molar-refractivity contribution is 8.15. The first kappa shape index (κ1) is 19.3. The lowest BCUT2D eigenvalue weighted by Gasteiger charge is -2.33. The van der Waals surface area contributed by atoms with Gasteiger partial charge in [-0.2, -0.15) is 0 Å². The fourth-order valence-electron chi connectivity index (χ4n) is 3.06. The first-order chi connectivity index (χ1) is 12.4. The van der Waals surface area contributed by atoms with Crippen LogP contribution in [0.3, 0.4) is 0 Å². The van der Waals surface area contributed by atoms with E-state index in [1.54, 1.807) is 36.9 Å². The number of hydrogen-bond donors (Lipinski definition) is 0. The zero-order valence-corrected chi connectivity index (χ0v) is 16.9. The topological polar surface area (TPSA) is 59.0 Å². The maximum absolute atomic E-state index is 12.9. The zero-order chi connectivity index (χ0) is 19.0. The van der Waals surface area contributed by atoms with E-state index in [0.29, 0.717) is 38.5 Å². The van der Waals surface area contributed by atoms with Crippen molar-refractivity contribution in [2.24, 2.45) is 4.99 Å². The van der Waals surface area contributed by atoms with E-state index in [4.69, 9.17) is 27.9 Å². The fourth-order valence-corrected chi connectivity index (χ4v) is 4.50. The number of aliphatic imine (C=N–C) groups is 1. The molecule has 0 radical (unpaired) electrons. The van der Waals surface area contributed by atoms with Gasteiger partial charge in [0.2, 0.25) is 5.91 Å². The smallest absolute Gasteiger partial charge is 0.338 e. The molecule has 1 aromatic carbocycles. The summed E-state index contributed by atoms with van der Waals surface area (Å²) in [6, 6.07) is 4.48. The molecule has 2 heterocycles. The van der Waals surface area contributed by atoms with E-state index in [9.17, 15) is 9.59 Å². The number of rotatable bonds is 4. The summed E-state index contributed by atoms with van der Waals surface area (Å²) in [4.78, 5) is 31.6. The Labute approximate surface area is 166 Å². The van der Waals surface area contributed by atoms with Crippen LogP contribution in [-0.2, 0) is 14.3 Å². The Kier molecular flexibility index (Phi) is 5.65. The Morgan fingerprint density at radius 2 is 2.04 bits per heavy atom. The molecule has 1 fully saturated rings. The van der Waals surface area contributed by atoms with Crippen molar-refractivity contribution in [3.05, 3.63) is 45.1 Å². The van der Waals surface area contributed by atoms with Crippen LogP contribution < -0.4 is 0 Å². The van der Waals surface area contributed by atoms with Crippen molar-refractivity contribution < 1.29 is 14.3 Å². The standard InChI is InChI=1S/C18H18Cl2N2O3S/c1-4-13-16(23)22-15(10-6-7-11(19)12(20)8-10)14(17(24)25-5-2)9(3)21-18(22)26-13/h6-8,13,15H,4-5H2,1-3H3/t13-,15+/m1/s1. The van der Waals surface area contributed by atoms with Crippen LogP contribution in [0.5, 0.6) is 0 Å². The molecule has 3 rings (SSSR count). The molecule has 0 bridgehead atoms. The van der Waals surface area contributed by atoms with Crippen molar-refractivity contribution in [2.45, 2.75) is 38.5 Å². The van der Waals surface area contributed by atoms with E-state index in [2.05, 4.69) is 4.99 Å². The zero-order valence-electron chi connectivity index (χ0n) is 14.6. The van der Waals surface area contributed by atoms with E-state index in [-0.39, 0.29) is 17.8 Å². The van der Waals surface area contributed by atoms with Gasteiger partial charge in [0.25, 0.3) is 0 Å². The highest BCUT2D eigenvalue weighted by Gasteiger charge is 2.47. The average Bonchev–Trinajstić information content (AvgIpc) is 2.92. The molecule has 1 saturated heterocycles. The number of thioether (sulfide) groups is 1. The molecule has 5 nitrogen and oxygen atoms in total. The summed E-state index contributed by atoms with van der Waals surface area (Å²) in [5.41, 5.74) is 1.59. The molecular weight excluding hydrogens is 395 g/mol. The van der Waals surface area contributed by atoms with E-state index in [1.807, 2.05) is 6.92 Å². The molecule has 0 spiro atoms. The molecule has 0 aliphatic carbocycles. The number of benzene rings is 1. The second-order valence-electron chi connectivity index (χ2n) is 5.91. The van der Waals surface area contributed by atoms with Gasteiger partial charge in [-0.15, -0.1) is 0 Å². The normalized spacial score (nSPS) is 22.4. The summed E-state index contributed by atoms with van der Waals surface area (Å²) in [7, 11) is 0. The molecule has 0 aromatic heterocycles. The molecule has 2 atom stereocenters. The quantitative estimate of drug-likeness (QED) is 0.678. The van der Waals surface area contributed by atoms with Gasteiger partial charge in [-0.25, -0.2) is 9.79 Å². The van der Waals surface area contributed by atoms with Gasteiger partial charge in [0, 0.05) is 0 Å². The Bertz CT molecular complexity index is 838. The monoisotopic (exact) mass is 412 g/mol. The molecule has 2 aliphatic rings. The highest BCUT2D eigenvalue weighted by atomic mass is 35.5. The van der Waals surface area contributed by atoms with Crippen molar-refractivity contribution in [2.75, 3.05) is 6.61 Å². The Balaban J connectivity index is 2.16. The van der Waals surface area contributed by atoms with Gasteiger partial charge >= 0.3 is 5.97 Å². The van der Waals surface area contributed by atoms with Crippen molar-refractivity contribution in [3.8, 4) is 0 Å². The molecule has 8 heteroatoms. The largest absolute Gasteiger partial charge is 0.463 e. The molecule has 0 N–H and O–H groups in total. The van der Waals surface area contributed by atoms with E-state index >= 15 is 0 Å². The molecule has 0 unspecified atom stereocenters. The number of hydrogen-bond acceptors (Lipinski definition) is 5. The molecule has 1 aromatic rings.